The van der Waals surface area contributed by atoms with Crippen molar-refractivity contribution >= 4 is 27.2 Å². The molecule has 6 heteroatoms. The smallest absolute Gasteiger partial charge is 0.243 e. The Morgan fingerprint density at radius 1 is 1.33 bits per heavy atom. The van der Waals surface area contributed by atoms with Crippen LogP contribution in [-0.2, 0) is 10.0 Å². The van der Waals surface area contributed by atoms with Crippen LogP contribution in [0, 0.1) is 6.92 Å². The minimum absolute atomic E-state index is 0.0491. The summed E-state index contributed by atoms with van der Waals surface area (Å²) in [6.45, 7) is 4.41. The fourth-order valence-electron chi connectivity index (χ4n) is 2.81. The number of rotatable bonds is 3. The van der Waals surface area contributed by atoms with Crippen molar-refractivity contribution in [2.75, 3.05) is 6.54 Å². The van der Waals surface area contributed by atoms with Crippen LogP contribution in [0.3, 0.4) is 0 Å². The summed E-state index contributed by atoms with van der Waals surface area (Å²) in [7, 11) is -3.45. The van der Waals surface area contributed by atoms with Crippen molar-refractivity contribution in [1.82, 2.24) is 4.31 Å². The summed E-state index contributed by atoms with van der Waals surface area (Å²) in [6.07, 6.45) is 4.03. The van der Waals surface area contributed by atoms with Crippen LogP contribution in [0.15, 0.2) is 23.1 Å². The van der Waals surface area contributed by atoms with E-state index in [0.717, 1.165) is 36.8 Å². The zero-order valence-corrected chi connectivity index (χ0v) is 14.1. The summed E-state index contributed by atoms with van der Waals surface area (Å²) < 4.78 is 27.3. The third-order valence-corrected chi connectivity index (χ3v) is 6.29. The Morgan fingerprint density at radius 3 is 2.67 bits per heavy atom. The fourth-order valence-corrected chi connectivity index (χ4v) is 4.83. The van der Waals surface area contributed by atoms with Gasteiger partial charge in [-0.15, -0.1) is 0 Å². The summed E-state index contributed by atoms with van der Waals surface area (Å²) in [5.74, 6) is 0. The maximum Gasteiger partial charge on any atom is 0.243 e. The van der Waals surface area contributed by atoms with Crippen molar-refractivity contribution in [2.24, 2.45) is 5.73 Å². The first-order valence-electron chi connectivity index (χ1n) is 7.26. The van der Waals surface area contributed by atoms with E-state index < -0.39 is 10.0 Å². The SMILES string of the molecule is Cc1cc(S(=O)(=O)N2CCCCCC2C)ccc1C(N)=S. The quantitative estimate of drug-likeness (QED) is 0.867. The molecule has 0 amide bonds. The highest BCUT2D eigenvalue weighted by molar-refractivity contribution is 7.89. The van der Waals surface area contributed by atoms with E-state index in [9.17, 15) is 8.42 Å². The Morgan fingerprint density at radius 2 is 2.05 bits per heavy atom. The predicted octanol–water partition coefficient (Wildman–Crippen LogP) is 2.58. The Labute approximate surface area is 132 Å². The largest absolute Gasteiger partial charge is 0.389 e. The van der Waals surface area contributed by atoms with Gasteiger partial charge in [0.05, 0.1) is 4.90 Å². The van der Waals surface area contributed by atoms with Crippen molar-refractivity contribution < 1.29 is 8.42 Å². The van der Waals surface area contributed by atoms with E-state index in [1.54, 1.807) is 22.5 Å². The Hall–Kier alpha value is -0.980. The van der Waals surface area contributed by atoms with E-state index in [-0.39, 0.29) is 6.04 Å². The normalized spacial score (nSPS) is 21.0. The van der Waals surface area contributed by atoms with Crippen molar-refractivity contribution in [2.45, 2.75) is 50.5 Å². The third-order valence-electron chi connectivity index (χ3n) is 4.06. The monoisotopic (exact) mass is 326 g/mol. The zero-order chi connectivity index (χ0) is 15.6. The lowest BCUT2D eigenvalue weighted by Crippen LogP contribution is -2.38. The molecule has 4 nitrogen and oxygen atoms in total. The van der Waals surface area contributed by atoms with Crippen molar-refractivity contribution in [1.29, 1.82) is 0 Å². The molecule has 0 spiro atoms. The minimum Gasteiger partial charge on any atom is -0.389 e. The fraction of sp³-hybridized carbons (Fsp3) is 0.533. The summed E-state index contributed by atoms with van der Waals surface area (Å²) in [4.78, 5) is 0.619. The first kappa shape index (κ1) is 16.4. The lowest BCUT2D eigenvalue weighted by Gasteiger charge is -2.26. The van der Waals surface area contributed by atoms with E-state index in [0.29, 0.717) is 16.4 Å². The molecule has 2 N–H and O–H groups in total. The van der Waals surface area contributed by atoms with Crippen molar-refractivity contribution in [3.05, 3.63) is 29.3 Å². The van der Waals surface area contributed by atoms with Gasteiger partial charge in [-0.2, -0.15) is 4.31 Å². The van der Waals surface area contributed by atoms with Crippen LogP contribution in [-0.4, -0.2) is 30.3 Å². The topological polar surface area (TPSA) is 63.4 Å². The van der Waals surface area contributed by atoms with E-state index >= 15 is 0 Å². The van der Waals surface area contributed by atoms with Gasteiger partial charge in [-0.05, 0) is 44.4 Å². The first-order valence-corrected chi connectivity index (χ1v) is 9.11. The molecule has 0 saturated carbocycles. The van der Waals surface area contributed by atoms with Crippen molar-refractivity contribution in [3.63, 3.8) is 0 Å². The van der Waals surface area contributed by atoms with Crippen LogP contribution < -0.4 is 5.73 Å². The number of nitrogens with zero attached hydrogens (tertiary/aromatic N) is 1. The van der Waals surface area contributed by atoms with Gasteiger partial charge in [-0.25, -0.2) is 8.42 Å². The number of sulfonamides is 1. The molecule has 1 aliphatic rings. The summed E-state index contributed by atoms with van der Waals surface area (Å²) in [5, 5.41) is 0. The number of thiocarbonyl (C=S) groups is 1. The van der Waals surface area contributed by atoms with Gasteiger partial charge in [-0.1, -0.05) is 31.1 Å². The Balaban J connectivity index is 2.39. The van der Waals surface area contributed by atoms with Crippen molar-refractivity contribution in [3.8, 4) is 0 Å². The van der Waals surface area contributed by atoms with E-state index in [2.05, 4.69) is 0 Å². The van der Waals surface area contributed by atoms with E-state index in [1.807, 2.05) is 13.8 Å². The standard InChI is InChI=1S/C15H22N2O2S2/c1-11-10-13(7-8-14(11)15(16)20)21(18,19)17-9-5-3-4-6-12(17)2/h7-8,10,12H,3-6,9H2,1-2H3,(H2,16,20). The van der Waals surface area contributed by atoms with Crippen LogP contribution >= 0.6 is 12.2 Å². The average Bonchev–Trinajstić information content (AvgIpc) is 2.63. The molecule has 21 heavy (non-hydrogen) atoms. The Kier molecular flexibility index (Phi) is 5.01. The maximum absolute atomic E-state index is 12.8. The number of hydrogen-bond acceptors (Lipinski definition) is 3. The molecule has 0 bridgehead atoms. The summed E-state index contributed by atoms with van der Waals surface area (Å²) >= 11 is 4.97. The molecule has 1 unspecified atom stereocenters. The lowest BCUT2D eigenvalue weighted by atomic mass is 10.1. The van der Waals surface area contributed by atoms with Gasteiger partial charge in [0.15, 0.2) is 0 Å². The minimum atomic E-state index is -3.45. The highest BCUT2D eigenvalue weighted by Gasteiger charge is 2.30. The molecule has 116 valence electrons. The van der Waals surface area contributed by atoms with Gasteiger partial charge in [0.2, 0.25) is 10.0 Å². The molecule has 1 saturated heterocycles. The van der Waals surface area contributed by atoms with Gasteiger partial charge in [0.25, 0.3) is 0 Å². The average molecular weight is 326 g/mol. The zero-order valence-electron chi connectivity index (χ0n) is 12.5. The molecule has 0 aliphatic carbocycles. The molecule has 2 rings (SSSR count). The Bertz CT molecular complexity index is 641. The van der Waals surface area contributed by atoms with Gasteiger partial charge >= 0.3 is 0 Å². The second kappa shape index (κ2) is 6.42. The molecular formula is C15H22N2O2S2. The number of hydrogen-bond donors (Lipinski definition) is 1. The highest BCUT2D eigenvalue weighted by Crippen LogP contribution is 2.25. The van der Waals surface area contributed by atoms with Crippen LogP contribution in [0.2, 0.25) is 0 Å². The molecule has 1 aliphatic heterocycles. The molecule has 1 heterocycles. The molecule has 1 aromatic rings. The molecule has 0 radical (unpaired) electrons. The molecule has 0 aromatic heterocycles. The number of aryl methyl sites for hydroxylation is 1. The maximum atomic E-state index is 12.8. The second-order valence-electron chi connectivity index (χ2n) is 5.66. The van der Waals surface area contributed by atoms with Gasteiger partial charge in [-0.3, -0.25) is 0 Å². The van der Waals surface area contributed by atoms with Gasteiger partial charge in [0, 0.05) is 18.2 Å². The molecule has 1 atom stereocenters. The van der Waals surface area contributed by atoms with E-state index in [4.69, 9.17) is 18.0 Å². The summed E-state index contributed by atoms with van der Waals surface area (Å²) in [6, 6.07) is 5.02. The second-order valence-corrected chi connectivity index (χ2v) is 7.99. The first-order chi connectivity index (χ1) is 9.84. The number of benzene rings is 1. The predicted molar refractivity (Wildman–Crippen MR) is 88.9 cm³/mol. The van der Waals surface area contributed by atoms with Crippen LogP contribution in [0.4, 0.5) is 0 Å². The number of nitrogens with two attached hydrogens (primary N) is 1. The molecular weight excluding hydrogens is 304 g/mol. The summed E-state index contributed by atoms with van der Waals surface area (Å²) in [5.41, 5.74) is 7.16. The molecule has 1 aromatic carbocycles. The van der Waals surface area contributed by atoms with Gasteiger partial charge < -0.3 is 5.73 Å². The highest BCUT2D eigenvalue weighted by atomic mass is 32.2. The third kappa shape index (κ3) is 3.44. The van der Waals surface area contributed by atoms with Crippen LogP contribution in [0.25, 0.3) is 0 Å². The van der Waals surface area contributed by atoms with Gasteiger partial charge in [0.1, 0.15) is 4.99 Å². The van der Waals surface area contributed by atoms with E-state index in [1.165, 1.54) is 0 Å². The van der Waals surface area contributed by atoms with Crippen LogP contribution in [0.1, 0.15) is 43.7 Å². The lowest BCUT2D eigenvalue weighted by molar-refractivity contribution is 0.342. The van der Waals surface area contributed by atoms with Crippen LogP contribution in [0.5, 0.6) is 0 Å². The molecule has 1 fully saturated rings.